The van der Waals surface area contributed by atoms with Crippen molar-refractivity contribution >= 4 is 5.71 Å². The van der Waals surface area contributed by atoms with E-state index in [1.807, 2.05) is 33.0 Å². The lowest BCUT2D eigenvalue weighted by Gasteiger charge is -2.26. The summed E-state index contributed by atoms with van der Waals surface area (Å²) in [4.78, 5) is 4.10. The Hall–Kier alpha value is -2.14. The van der Waals surface area contributed by atoms with Gasteiger partial charge in [-0.3, -0.25) is 4.98 Å². The Morgan fingerprint density at radius 3 is 2.73 bits per heavy atom. The van der Waals surface area contributed by atoms with Crippen LogP contribution >= 0.6 is 0 Å². The number of oxime groups is 1. The Kier molecular flexibility index (Phi) is 5.33. The van der Waals surface area contributed by atoms with Crippen molar-refractivity contribution in [2.45, 2.75) is 39.7 Å². The normalized spacial score (nSPS) is 20.7. The second-order valence-electron chi connectivity index (χ2n) is 5.54. The van der Waals surface area contributed by atoms with Crippen molar-refractivity contribution in [3.8, 4) is 0 Å². The van der Waals surface area contributed by atoms with Crippen molar-refractivity contribution < 1.29 is 9.94 Å². The van der Waals surface area contributed by atoms with E-state index in [0.717, 1.165) is 35.3 Å². The van der Waals surface area contributed by atoms with Gasteiger partial charge < -0.3 is 15.7 Å². The Morgan fingerprint density at radius 1 is 1.32 bits per heavy atom. The van der Waals surface area contributed by atoms with E-state index in [-0.39, 0.29) is 6.04 Å². The van der Waals surface area contributed by atoms with Crippen LogP contribution in [0.3, 0.4) is 0 Å². The second kappa shape index (κ2) is 7.22. The molecule has 0 saturated heterocycles. The summed E-state index contributed by atoms with van der Waals surface area (Å²) >= 11 is 0. The van der Waals surface area contributed by atoms with Gasteiger partial charge in [-0.05, 0) is 56.4 Å². The van der Waals surface area contributed by atoms with Gasteiger partial charge in [-0.15, -0.1) is 0 Å². The first-order valence-electron chi connectivity index (χ1n) is 7.44. The molecule has 5 heteroatoms. The molecule has 0 radical (unpaired) electrons. The fourth-order valence-corrected chi connectivity index (χ4v) is 2.60. The van der Waals surface area contributed by atoms with Crippen LogP contribution in [0.4, 0.5) is 0 Å². The Bertz CT molecular complexity index is 616. The van der Waals surface area contributed by atoms with E-state index in [4.69, 9.17) is 15.7 Å². The van der Waals surface area contributed by atoms with E-state index in [1.165, 1.54) is 5.56 Å². The third-order valence-electron chi connectivity index (χ3n) is 4.10. The first-order chi connectivity index (χ1) is 10.6. The van der Waals surface area contributed by atoms with Crippen LogP contribution in [0, 0.1) is 0 Å². The molecule has 1 heterocycles. The fraction of sp³-hybridized carbons (Fsp3) is 0.412. The van der Waals surface area contributed by atoms with Gasteiger partial charge >= 0.3 is 0 Å². The van der Waals surface area contributed by atoms with Crippen LogP contribution in [0.25, 0.3) is 0 Å². The highest BCUT2D eigenvalue weighted by atomic mass is 16.5. The average molecular weight is 301 g/mol. The summed E-state index contributed by atoms with van der Waals surface area (Å²) in [6.45, 7) is 6.40. The SMILES string of the molecule is CC1=C(OCCCc2cccnc2)C(C)=C(C)C(N)C1=NO. The minimum Gasteiger partial charge on any atom is -0.493 e. The zero-order chi connectivity index (χ0) is 16.1. The number of pyridine rings is 1. The molecule has 0 aromatic carbocycles. The molecule has 2 rings (SSSR count). The summed E-state index contributed by atoms with van der Waals surface area (Å²) < 4.78 is 5.93. The Balaban J connectivity index is 2.00. The molecule has 0 spiro atoms. The van der Waals surface area contributed by atoms with Gasteiger partial charge in [0, 0.05) is 18.0 Å². The summed E-state index contributed by atoms with van der Waals surface area (Å²) in [6, 6.07) is 3.63. The summed E-state index contributed by atoms with van der Waals surface area (Å²) in [5.74, 6) is 0.776. The maximum atomic E-state index is 9.16. The standard InChI is InChI=1S/C17H23N3O2/c1-11-12(2)17(13(3)16(20-21)15(11)18)22-9-5-7-14-6-4-8-19-10-14/h4,6,8,10,15,21H,5,7,9,18H2,1-3H3. The van der Waals surface area contributed by atoms with Gasteiger partial charge in [-0.25, -0.2) is 0 Å². The zero-order valence-corrected chi connectivity index (χ0v) is 13.3. The number of hydrogen-bond donors (Lipinski definition) is 2. The van der Waals surface area contributed by atoms with E-state index in [2.05, 4.69) is 16.2 Å². The third kappa shape index (κ3) is 3.36. The Morgan fingerprint density at radius 2 is 2.09 bits per heavy atom. The van der Waals surface area contributed by atoms with Crippen LogP contribution in [-0.2, 0) is 11.2 Å². The minimum atomic E-state index is -0.368. The van der Waals surface area contributed by atoms with Gasteiger partial charge in [0.1, 0.15) is 11.5 Å². The molecule has 1 aromatic rings. The highest BCUT2D eigenvalue weighted by Crippen LogP contribution is 2.28. The van der Waals surface area contributed by atoms with Gasteiger partial charge in [0.15, 0.2) is 0 Å². The van der Waals surface area contributed by atoms with Crippen LogP contribution in [0.2, 0.25) is 0 Å². The molecule has 1 atom stereocenters. The van der Waals surface area contributed by atoms with Crippen LogP contribution in [0.5, 0.6) is 0 Å². The van der Waals surface area contributed by atoms with E-state index in [9.17, 15) is 0 Å². The van der Waals surface area contributed by atoms with E-state index < -0.39 is 0 Å². The van der Waals surface area contributed by atoms with Crippen LogP contribution in [0.15, 0.2) is 52.2 Å². The predicted molar refractivity (Wildman–Crippen MR) is 86.8 cm³/mol. The molecule has 0 fully saturated rings. The highest BCUT2D eigenvalue weighted by molar-refractivity contribution is 6.07. The minimum absolute atomic E-state index is 0.368. The molecule has 1 aliphatic carbocycles. The first kappa shape index (κ1) is 16.2. The van der Waals surface area contributed by atoms with Gasteiger partial charge in [0.25, 0.3) is 0 Å². The van der Waals surface area contributed by atoms with Gasteiger partial charge in [0.05, 0.1) is 12.6 Å². The Labute approximate surface area is 131 Å². The van der Waals surface area contributed by atoms with Crippen molar-refractivity contribution in [1.82, 2.24) is 4.98 Å². The van der Waals surface area contributed by atoms with Gasteiger partial charge in [0.2, 0.25) is 0 Å². The first-order valence-corrected chi connectivity index (χ1v) is 7.44. The molecular weight excluding hydrogens is 278 g/mol. The average Bonchev–Trinajstić information content (AvgIpc) is 2.54. The monoisotopic (exact) mass is 301 g/mol. The smallest absolute Gasteiger partial charge is 0.127 e. The lowest BCUT2D eigenvalue weighted by Crippen LogP contribution is -2.36. The quantitative estimate of drug-likeness (QED) is 0.498. The van der Waals surface area contributed by atoms with Gasteiger partial charge in [-0.1, -0.05) is 11.2 Å². The number of aryl methyl sites for hydroxylation is 1. The number of rotatable bonds is 5. The molecule has 0 amide bonds. The molecule has 0 aliphatic heterocycles. The maximum Gasteiger partial charge on any atom is 0.127 e. The number of nitrogens with zero attached hydrogens (tertiary/aromatic N) is 2. The topological polar surface area (TPSA) is 80.7 Å². The largest absolute Gasteiger partial charge is 0.493 e. The van der Waals surface area contributed by atoms with Gasteiger partial charge in [-0.2, -0.15) is 0 Å². The molecular formula is C17H23N3O2. The lowest BCUT2D eigenvalue weighted by molar-refractivity contribution is 0.212. The molecule has 118 valence electrons. The number of hydrogen-bond acceptors (Lipinski definition) is 5. The zero-order valence-electron chi connectivity index (χ0n) is 13.3. The van der Waals surface area contributed by atoms with Crippen molar-refractivity contribution in [3.63, 3.8) is 0 Å². The number of aromatic nitrogens is 1. The summed E-state index contributed by atoms with van der Waals surface area (Å²) in [5.41, 5.74) is 10.5. The molecule has 1 aromatic heterocycles. The molecule has 5 nitrogen and oxygen atoms in total. The van der Waals surface area contributed by atoms with Crippen molar-refractivity contribution in [1.29, 1.82) is 0 Å². The van der Waals surface area contributed by atoms with Crippen molar-refractivity contribution in [2.24, 2.45) is 10.9 Å². The van der Waals surface area contributed by atoms with E-state index >= 15 is 0 Å². The number of allylic oxidation sites excluding steroid dienone is 1. The maximum absolute atomic E-state index is 9.16. The second-order valence-corrected chi connectivity index (χ2v) is 5.54. The van der Waals surface area contributed by atoms with Crippen LogP contribution < -0.4 is 5.73 Å². The highest BCUT2D eigenvalue weighted by Gasteiger charge is 2.27. The lowest BCUT2D eigenvalue weighted by atomic mass is 9.87. The van der Waals surface area contributed by atoms with Crippen LogP contribution in [-0.4, -0.2) is 28.6 Å². The molecule has 3 N–H and O–H groups in total. The molecule has 1 unspecified atom stereocenters. The predicted octanol–water partition coefficient (Wildman–Crippen LogP) is 2.81. The van der Waals surface area contributed by atoms with E-state index in [1.54, 1.807) is 6.20 Å². The molecule has 0 saturated carbocycles. The van der Waals surface area contributed by atoms with Crippen LogP contribution in [0.1, 0.15) is 32.8 Å². The third-order valence-corrected chi connectivity index (χ3v) is 4.10. The van der Waals surface area contributed by atoms with Crippen molar-refractivity contribution in [2.75, 3.05) is 6.61 Å². The number of nitrogens with two attached hydrogens (primary N) is 1. The summed E-state index contributed by atoms with van der Waals surface area (Å²) in [7, 11) is 0. The fourth-order valence-electron chi connectivity index (χ4n) is 2.60. The molecule has 0 bridgehead atoms. The van der Waals surface area contributed by atoms with E-state index in [0.29, 0.717) is 12.3 Å². The summed E-state index contributed by atoms with van der Waals surface area (Å²) in [6.07, 6.45) is 5.46. The molecule has 1 aliphatic rings. The summed E-state index contributed by atoms with van der Waals surface area (Å²) in [5, 5.41) is 12.5. The van der Waals surface area contributed by atoms with Crippen molar-refractivity contribution in [3.05, 3.63) is 52.6 Å². The number of ether oxygens (including phenoxy) is 1. The molecule has 22 heavy (non-hydrogen) atoms.